The summed E-state index contributed by atoms with van der Waals surface area (Å²) in [4.78, 5) is 0. The largest absolute Gasteiger partial charge is 0.396 e. The Morgan fingerprint density at radius 3 is 2.15 bits per heavy atom. The number of hydrogen-bond donors (Lipinski definition) is 4. The van der Waals surface area contributed by atoms with Crippen molar-refractivity contribution < 1.29 is 20.4 Å². The van der Waals surface area contributed by atoms with Crippen LogP contribution in [-0.4, -0.2) is 46.4 Å². The summed E-state index contributed by atoms with van der Waals surface area (Å²) in [5, 5.41) is 42.0. The molecule has 0 aromatic carbocycles. The molecule has 0 aromatic heterocycles. The molecule has 194 valence electrons. The van der Waals surface area contributed by atoms with Crippen LogP contribution >= 0.6 is 0 Å². The quantitative estimate of drug-likeness (QED) is 0.435. The van der Waals surface area contributed by atoms with Crippen molar-refractivity contribution in [3.63, 3.8) is 0 Å². The van der Waals surface area contributed by atoms with Gasteiger partial charge in [0.05, 0.1) is 19.3 Å². The summed E-state index contributed by atoms with van der Waals surface area (Å²) < 4.78 is 0. The lowest BCUT2D eigenvalue weighted by molar-refractivity contribution is -0.255. The van der Waals surface area contributed by atoms with Gasteiger partial charge in [-0.15, -0.1) is 0 Å². The van der Waals surface area contributed by atoms with Crippen molar-refractivity contribution >= 4 is 0 Å². The van der Waals surface area contributed by atoms with Crippen LogP contribution < -0.4 is 0 Å². The van der Waals surface area contributed by atoms with E-state index in [1.807, 2.05) is 0 Å². The number of hydrogen-bond acceptors (Lipinski definition) is 4. The van der Waals surface area contributed by atoms with Crippen molar-refractivity contribution in [3.8, 4) is 0 Å². The highest BCUT2D eigenvalue weighted by atomic mass is 16.3. The van der Waals surface area contributed by atoms with Crippen LogP contribution in [-0.2, 0) is 0 Å². The molecule has 0 heterocycles. The zero-order valence-electron chi connectivity index (χ0n) is 22.2. The minimum absolute atomic E-state index is 0.00165. The van der Waals surface area contributed by atoms with E-state index in [1.165, 1.54) is 19.3 Å². The summed E-state index contributed by atoms with van der Waals surface area (Å²) in [5.74, 6) is 2.27. The van der Waals surface area contributed by atoms with Gasteiger partial charge in [0.25, 0.3) is 0 Å². The average Bonchev–Trinajstić information content (AvgIpc) is 3.22. The second-order valence-electron chi connectivity index (χ2n) is 14.4. The zero-order valence-corrected chi connectivity index (χ0v) is 22.2. The van der Waals surface area contributed by atoms with E-state index in [4.69, 9.17) is 0 Å². The van der Waals surface area contributed by atoms with Gasteiger partial charge in [0.2, 0.25) is 0 Å². The van der Waals surface area contributed by atoms with Crippen molar-refractivity contribution in [3.05, 3.63) is 12.2 Å². The standard InChI is InChI=1S/C30H50O4/c1-19(16-31)20-8-13-30(18-33)15-14-28(4)21(25(20)30)6-7-23-26(2)11-10-24(34)27(3,17-32)22(26)9-12-29(23,28)5/h20-25,31-34H,1,6-18H2,2-5H3/t20-,21+,22+,23+,24-,25+,26-,27?,28+,29+,30+/m0/s1. The Balaban J connectivity index is 1.54. The highest BCUT2D eigenvalue weighted by Gasteiger charge is 2.71. The van der Waals surface area contributed by atoms with Crippen molar-refractivity contribution in [1.82, 2.24) is 0 Å². The molecule has 0 bridgehead atoms. The fourth-order valence-corrected chi connectivity index (χ4v) is 11.6. The lowest BCUT2D eigenvalue weighted by Crippen LogP contribution is -2.67. The van der Waals surface area contributed by atoms with Crippen LogP contribution in [0.5, 0.6) is 0 Å². The molecule has 5 saturated carbocycles. The first kappa shape index (κ1) is 25.2. The first-order valence-electron chi connectivity index (χ1n) is 14.2. The summed E-state index contributed by atoms with van der Waals surface area (Å²) in [7, 11) is 0. The molecule has 0 aromatic rings. The van der Waals surface area contributed by atoms with Gasteiger partial charge < -0.3 is 20.4 Å². The molecule has 5 fully saturated rings. The first-order valence-corrected chi connectivity index (χ1v) is 14.2. The Morgan fingerprint density at radius 2 is 1.50 bits per heavy atom. The van der Waals surface area contributed by atoms with Gasteiger partial charge >= 0.3 is 0 Å². The lowest BCUT2D eigenvalue weighted by atomic mass is 9.32. The Bertz CT molecular complexity index is 827. The second kappa shape index (κ2) is 8.04. The number of aliphatic hydroxyl groups excluding tert-OH is 4. The van der Waals surface area contributed by atoms with Crippen LogP contribution in [0.15, 0.2) is 12.2 Å². The van der Waals surface area contributed by atoms with Crippen LogP contribution in [0, 0.1) is 56.7 Å². The lowest BCUT2D eigenvalue weighted by Gasteiger charge is -2.73. The summed E-state index contributed by atoms with van der Waals surface area (Å²) in [6, 6.07) is 0. The van der Waals surface area contributed by atoms with Crippen LogP contribution in [0.1, 0.15) is 91.9 Å². The van der Waals surface area contributed by atoms with E-state index in [-0.39, 0.29) is 41.5 Å². The maximum absolute atomic E-state index is 10.9. The third-order valence-electron chi connectivity index (χ3n) is 13.8. The van der Waals surface area contributed by atoms with Gasteiger partial charge in [-0.1, -0.05) is 34.3 Å². The maximum atomic E-state index is 10.9. The third kappa shape index (κ3) is 2.92. The molecule has 34 heavy (non-hydrogen) atoms. The maximum Gasteiger partial charge on any atom is 0.0641 e. The highest BCUT2D eigenvalue weighted by Crippen LogP contribution is 2.77. The fraction of sp³-hybridized carbons (Fsp3) is 0.933. The van der Waals surface area contributed by atoms with Gasteiger partial charge in [0, 0.05) is 12.0 Å². The van der Waals surface area contributed by atoms with Crippen molar-refractivity contribution in [1.29, 1.82) is 0 Å². The molecular formula is C30H50O4. The number of rotatable bonds is 4. The molecule has 0 saturated heterocycles. The van der Waals surface area contributed by atoms with E-state index in [0.717, 1.165) is 50.5 Å². The van der Waals surface area contributed by atoms with Crippen molar-refractivity contribution in [2.45, 2.75) is 98.0 Å². The van der Waals surface area contributed by atoms with Gasteiger partial charge in [-0.3, -0.25) is 0 Å². The van der Waals surface area contributed by atoms with Crippen LogP contribution in [0.2, 0.25) is 0 Å². The van der Waals surface area contributed by atoms with Crippen molar-refractivity contribution in [2.24, 2.45) is 56.7 Å². The zero-order chi connectivity index (χ0) is 24.7. The molecule has 0 amide bonds. The van der Waals surface area contributed by atoms with Crippen LogP contribution in [0.3, 0.4) is 0 Å². The minimum Gasteiger partial charge on any atom is -0.396 e. The second-order valence-corrected chi connectivity index (χ2v) is 14.4. The Kier molecular flexibility index (Phi) is 5.97. The molecule has 4 nitrogen and oxygen atoms in total. The molecule has 0 aliphatic heterocycles. The topological polar surface area (TPSA) is 80.9 Å². The SMILES string of the molecule is C=C(CO)[C@@H]1CC[C@]2(CO)CC[C@]3(C)[C@H](CC[C@@H]4[C@@]5(C)CC[C@H](O)C(C)(CO)[C@@H]5CC[C@]43C)[C@@H]12. The van der Waals surface area contributed by atoms with E-state index >= 15 is 0 Å². The van der Waals surface area contributed by atoms with E-state index in [1.54, 1.807) is 0 Å². The highest BCUT2D eigenvalue weighted by molar-refractivity contribution is 5.22. The molecule has 5 aliphatic carbocycles. The molecule has 4 N–H and O–H groups in total. The van der Waals surface area contributed by atoms with E-state index in [2.05, 4.69) is 34.3 Å². The van der Waals surface area contributed by atoms with Crippen molar-refractivity contribution in [2.75, 3.05) is 19.8 Å². The molecule has 0 radical (unpaired) electrons. The average molecular weight is 475 g/mol. The fourth-order valence-electron chi connectivity index (χ4n) is 11.6. The molecular weight excluding hydrogens is 424 g/mol. The third-order valence-corrected chi connectivity index (χ3v) is 13.8. The normalized spacial score (nSPS) is 56.7. The van der Waals surface area contributed by atoms with E-state index in [0.29, 0.717) is 29.6 Å². The summed E-state index contributed by atoms with van der Waals surface area (Å²) in [5.41, 5.74) is 1.15. The molecule has 5 aliphatic rings. The monoisotopic (exact) mass is 474 g/mol. The number of fused-ring (bicyclic) bond motifs is 7. The van der Waals surface area contributed by atoms with Gasteiger partial charge in [-0.2, -0.15) is 0 Å². The van der Waals surface area contributed by atoms with E-state index in [9.17, 15) is 20.4 Å². The van der Waals surface area contributed by atoms with Gasteiger partial charge in [0.15, 0.2) is 0 Å². The summed E-state index contributed by atoms with van der Waals surface area (Å²) in [6.07, 6.45) is 10.5. The molecule has 1 unspecified atom stereocenters. The van der Waals surface area contributed by atoms with E-state index < -0.39 is 11.5 Å². The number of aliphatic hydroxyl groups is 4. The van der Waals surface area contributed by atoms with Gasteiger partial charge in [-0.25, -0.2) is 0 Å². The molecule has 0 spiro atoms. The van der Waals surface area contributed by atoms with Crippen LogP contribution in [0.4, 0.5) is 0 Å². The van der Waals surface area contributed by atoms with Crippen LogP contribution in [0.25, 0.3) is 0 Å². The predicted octanol–water partition coefficient (Wildman–Crippen LogP) is 4.94. The van der Waals surface area contributed by atoms with Gasteiger partial charge in [-0.05, 0) is 121 Å². The summed E-state index contributed by atoms with van der Waals surface area (Å²) in [6.45, 7) is 14.5. The smallest absolute Gasteiger partial charge is 0.0641 e. The Labute approximate surface area is 207 Å². The Morgan fingerprint density at radius 1 is 0.765 bits per heavy atom. The predicted molar refractivity (Wildman–Crippen MR) is 135 cm³/mol. The Hall–Kier alpha value is -0.420. The first-order chi connectivity index (χ1) is 16.0. The molecule has 11 atom stereocenters. The molecule has 4 heteroatoms. The van der Waals surface area contributed by atoms with Gasteiger partial charge in [0.1, 0.15) is 0 Å². The molecule has 5 rings (SSSR count). The summed E-state index contributed by atoms with van der Waals surface area (Å²) >= 11 is 0. The minimum atomic E-state index is -0.407.